The summed E-state index contributed by atoms with van der Waals surface area (Å²) in [6.07, 6.45) is 1.70. The Balaban J connectivity index is -0.000000281. The molecule has 0 aliphatic heterocycles. The van der Waals surface area contributed by atoms with E-state index >= 15 is 0 Å². The highest BCUT2D eigenvalue weighted by Gasteiger charge is 1.88. The van der Waals surface area contributed by atoms with E-state index in [2.05, 4.69) is 31.7 Å². The third-order valence-corrected chi connectivity index (χ3v) is 3.61. The minimum atomic E-state index is 0.734. The first-order chi connectivity index (χ1) is 12.9. The second kappa shape index (κ2) is 20.7. The van der Waals surface area contributed by atoms with Crippen LogP contribution >= 0.6 is 23.1 Å². The van der Waals surface area contributed by atoms with Crippen molar-refractivity contribution >= 4 is 23.1 Å². The molecule has 0 bridgehead atoms. The van der Waals surface area contributed by atoms with Gasteiger partial charge in [-0.15, -0.1) is 0 Å². The minimum absolute atomic E-state index is 0.734. The van der Waals surface area contributed by atoms with Crippen molar-refractivity contribution < 1.29 is 4.42 Å². The molecule has 0 aromatic carbocycles. The van der Waals surface area contributed by atoms with Crippen molar-refractivity contribution in [3.63, 3.8) is 0 Å². The molecule has 3 aromatic rings. The number of oxazole rings is 1. The molecule has 0 atom stereocenters. The Morgan fingerprint density at radius 1 is 0.778 bits per heavy atom. The monoisotopic (exact) mass is 414 g/mol. The van der Waals surface area contributed by atoms with Crippen LogP contribution in [-0.4, -0.2) is 18.7 Å². The Morgan fingerprint density at radius 2 is 1.33 bits per heavy atom. The number of aryl methyl sites for hydroxylation is 6. The Morgan fingerprint density at radius 3 is 1.44 bits per heavy atom. The Kier molecular flexibility index (Phi) is 23.1. The molecule has 0 saturated carbocycles. The SMILES string of the molecule is CC.CC.CC.Cc1cc(C)sn1.Cc1cnc(C)o1.Cc1nsc(C)n1. The first kappa shape index (κ1) is 30.1. The zero-order valence-electron chi connectivity index (χ0n) is 19.2. The summed E-state index contributed by atoms with van der Waals surface area (Å²) in [5, 5.41) is 1.04. The van der Waals surface area contributed by atoms with E-state index in [0.29, 0.717) is 0 Å². The summed E-state index contributed by atoms with van der Waals surface area (Å²) in [6, 6.07) is 2.07. The first-order valence-electron chi connectivity index (χ1n) is 9.42. The predicted molar refractivity (Wildman–Crippen MR) is 121 cm³/mol. The van der Waals surface area contributed by atoms with Crippen LogP contribution in [0, 0.1) is 41.5 Å². The van der Waals surface area contributed by atoms with Crippen LogP contribution < -0.4 is 0 Å². The maximum atomic E-state index is 4.97. The fourth-order valence-corrected chi connectivity index (χ4v) is 2.40. The minimum Gasteiger partial charge on any atom is -0.446 e. The van der Waals surface area contributed by atoms with E-state index in [1.807, 2.05) is 76.2 Å². The van der Waals surface area contributed by atoms with E-state index in [9.17, 15) is 0 Å². The second-order valence-electron chi connectivity index (χ2n) is 4.43. The van der Waals surface area contributed by atoms with Crippen LogP contribution in [0.1, 0.15) is 74.6 Å². The number of nitrogens with zero attached hydrogens (tertiary/aromatic N) is 4. The van der Waals surface area contributed by atoms with Gasteiger partial charge in [-0.1, -0.05) is 41.5 Å². The molecule has 3 rings (SSSR count). The summed E-state index contributed by atoms with van der Waals surface area (Å²) < 4.78 is 13.0. The lowest BCUT2D eigenvalue weighted by atomic mass is 10.4. The standard InChI is InChI=1S/C5H7NO.C5H7NS.C4H6N2S.3C2H6/c1-4-3-6-5(2)7-4;1-4-3-5(2)7-6-4;1-3-5-4(2)7-6-3;3*1-2/h2*3H,1-2H3;1-2H3;3*1-2H3. The summed E-state index contributed by atoms with van der Waals surface area (Å²) in [4.78, 5) is 9.16. The quantitative estimate of drug-likeness (QED) is 0.386. The zero-order chi connectivity index (χ0) is 21.8. The molecule has 0 amide bonds. The molecule has 0 spiro atoms. The van der Waals surface area contributed by atoms with Crippen molar-refractivity contribution in [1.29, 1.82) is 0 Å². The lowest BCUT2D eigenvalue weighted by Crippen LogP contribution is -1.70. The molecule has 0 saturated heterocycles. The van der Waals surface area contributed by atoms with Crippen LogP contribution in [0.2, 0.25) is 0 Å². The van der Waals surface area contributed by atoms with Crippen molar-refractivity contribution in [3.05, 3.63) is 45.3 Å². The molecule has 3 aromatic heterocycles. The maximum absolute atomic E-state index is 4.97. The lowest BCUT2D eigenvalue weighted by molar-refractivity contribution is 0.494. The molecule has 0 aliphatic carbocycles. The van der Waals surface area contributed by atoms with Crippen molar-refractivity contribution in [1.82, 2.24) is 18.7 Å². The molecular formula is C20H38N4OS2. The van der Waals surface area contributed by atoms with Crippen molar-refractivity contribution in [2.45, 2.75) is 83.1 Å². The van der Waals surface area contributed by atoms with Crippen molar-refractivity contribution in [3.8, 4) is 0 Å². The summed E-state index contributed by atoms with van der Waals surface area (Å²) in [7, 11) is 0. The smallest absolute Gasteiger partial charge is 0.191 e. The summed E-state index contributed by atoms with van der Waals surface area (Å²) in [6.45, 7) is 23.6. The highest BCUT2D eigenvalue weighted by atomic mass is 32.1. The van der Waals surface area contributed by atoms with Gasteiger partial charge in [-0.2, -0.15) is 8.75 Å². The highest BCUT2D eigenvalue weighted by Crippen LogP contribution is 2.05. The van der Waals surface area contributed by atoms with E-state index < -0.39 is 0 Å². The summed E-state index contributed by atoms with van der Waals surface area (Å²) in [5.41, 5.74) is 1.13. The van der Waals surface area contributed by atoms with Crippen LogP contribution in [0.5, 0.6) is 0 Å². The molecule has 0 radical (unpaired) electrons. The van der Waals surface area contributed by atoms with Crippen LogP contribution in [0.25, 0.3) is 0 Å². The van der Waals surface area contributed by atoms with Gasteiger partial charge in [0.05, 0.1) is 11.9 Å². The van der Waals surface area contributed by atoms with E-state index in [4.69, 9.17) is 4.42 Å². The molecule has 3 heterocycles. The van der Waals surface area contributed by atoms with Crippen LogP contribution in [0.3, 0.4) is 0 Å². The Hall–Kier alpha value is -1.60. The van der Waals surface area contributed by atoms with Gasteiger partial charge in [0.2, 0.25) is 0 Å². The number of hydrogen-bond acceptors (Lipinski definition) is 7. The third-order valence-electron chi connectivity index (χ3n) is 2.11. The summed E-state index contributed by atoms with van der Waals surface area (Å²) >= 11 is 3.00. The van der Waals surface area contributed by atoms with Gasteiger partial charge in [0, 0.05) is 11.8 Å². The molecule has 7 heteroatoms. The Bertz CT molecular complexity index is 520. The van der Waals surface area contributed by atoms with E-state index in [-0.39, 0.29) is 0 Å². The molecular weight excluding hydrogens is 376 g/mol. The fraction of sp³-hybridized carbons (Fsp3) is 0.600. The van der Waals surface area contributed by atoms with Crippen molar-refractivity contribution in [2.75, 3.05) is 0 Å². The van der Waals surface area contributed by atoms with Gasteiger partial charge in [-0.3, -0.25) is 0 Å². The Labute approximate surface area is 174 Å². The van der Waals surface area contributed by atoms with E-state index in [1.54, 1.807) is 17.7 Å². The molecule has 0 N–H and O–H groups in total. The lowest BCUT2D eigenvalue weighted by Gasteiger charge is -1.73. The van der Waals surface area contributed by atoms with E-state index in [0.717, 1.165) is 28.2 Å². The van der Waals surface area contributed by atoms with Gasteiger partial charge in [-0.25, -0.2) is 9.97 Å². The second-order valence-corrected chi connectivity index (χ2v) is 6.39. The number of rotatable bonds is 0. The molecule has 0 unspecified atom stereocenters. The van der Waals surface area contributed by atoms with Crippen LogP contribution in [-0.2, 0) is 0 Å². The maximum Gasteiger partial charge on any atom is 0.191 e. The number of hydrogen-bond donors (Lipinski definition) is 0. The number of aromatic nitrogens is 4. The largest absolute Gasteiger partial charge is 0.446 e. The average Bonchev–Trinajstić information content (AvgIpc) is 3.36. The van der Waals surface area contributed by atoms with E-state index in [1.165, 1.54) is 16.4 Å². The van der Waals surface area contributed by atoms with Gasteiger partial charge in [0.25, 0.3) is 0 Å². The molecule has 27 heavy (non-hydrogen) atoms. The van der Waals surface area contributed by atoms with Crippen molar-refractivity contribution in [2.24, 2.45) is 0 Å². The first-order valence-corrected chi connectivity index (χ1v) is 11.0. The van der Waals surface area contributed by atoms with Crippen LogP contribution in [0.15, 0.2) is 16.7 Å². The molecule has 5 nitrogen and oxygen atoms in total. The van der Waals surface area contributed by atoms with Gasteiger partial charge in [-0.05, 0) is 63.8 Å². The van der Waals surface area contributed by atoms with Gasteiger partial charge >= 0.3 is 0 Å². The topological polar surface area (TPSA) is 64.7 Å². The normalized spacial score (nSPS) is 8.00. The average molecular weight is 415 g/mol. The molecule has 156 valence electrons. The highest BCUT2D eigenvalue weighted by molar-refractivity contribution is 7.05. The molecule has 0 fully saturated rings. The van der Waals surface area contributed by atoms with Gasteiger partial charge < -0.3 is 4.42 Å². The zero-order valence-corrected chi connectivity index (χ0v) is 20.8. The summed E-state index contributed by atoms with van der Waals surface area (Å²) in [5.74, 6) is 2.48. The predicted octanol–water partition coefficient (Wildman–Crippen LogP) is 7.28. The van der Waals surface area contributed by atoms with Gasteiger partial charge in [0.15, 0.2) is 5.89 Å². The molecule has 0 aliphatic rings. The van der Waals surface area contributed by atoms with Crippen LogP contribution in [0.4, 0.5) is 0 Å². The fourth-order valence-electron chi connectivity index (χ4n) is 1.36. The van der Waals surface area contributed by atoms with Gasteiger partial charge in [0.1, 0.15) is 16.6 Å². The third kappa shape index (κ3) is 19.0.